The molecule has 0 N–H and O–H groups in total. The number of rotatable bonds is 4. The predicted molar refractivity (Wildman–Crippen MR) is 75.1 cm³/mol. The molecular formula is C15H11BrF2O2. The maximum Gasteiger partial charge on any atom is 0.171 e. The van der Waals surface area contributed by atoms with E-state index in [0.717, 1.165) is 0 Å². The van der Waals surface area contributed by atoms with Crippen molar-refractivity contribution < 1.29 is 18.3 Å². The van der Waals surface area contributed by atoms with Gasteiger partial charge in [-0.1, -0.05) is 18.2 Å². The molecule has 5 heteroatoms. The van der Waals surface area contributed by atoms with Gasteiger partial charge >= 0.3 is 0 Å². The molecule has 0 bridgehead atoms. The lowest BCUT2D eigenvalue weighted by Crippen LogP contribution is -2.09. The molecule has 104 valence electrons. The number of ketones is 1. The second-order valence-electron chi connectivity index (χ2n) is 4.13. The average molecular weight is 341 g/mol. The SMILES string of the molecule is COc1cccc(CC(=O)c2c(F)cccc2Br)c1F. The Morgan fingerprint density at radius 1 is 1.20 bits per heavy atom. The van der Waals surface area contributed by atoms with Crippen LogP contribution in [-0.4, -0.2) is 12.9 Å². The molecule has 0 fully saturated rings. The topological polar surface area (TPSA) is 26.3 Å². The smallest absolute Gasteiger partial charge is 0.171 e. The van der Waals surface area contributed by atoms with Gasteiger partial charge in [0.25, 0.3) is 0 Å². The molecule has 20 heavy (non-hydrogen) atoms. The monoisotopic (exact) mass is 340 g/mol. The number of carbonyl (C=O) groups is 1. The zero-order chi connectivity index (χ0) is 14.7. The first-order valence-electron chi connectivity index (χ1n) is 5.83. The van der Waals surface area contributed by atoms with Crippen molar-refractivity contribution in [3.8, 4) is 5.75 Å². The van der Waals surface area contributed by atoms with E-state index in [1.807, 2.05) is 0 Å². The first kappa shape index (κ1) is 14.7. The van der Waals surface area contributed by atoms with Crippen LogP contribution in [0.25, 0.3) is 0 Å². The zero-order valence-corrected chi connectivity index (χ0v) is 12.2. The van der Waals surface area contributed by atoms with Crippen molar-refractivity contribution in [3.63, 3.8) is 0 Å². The van der Waals surface area contributed by atoms with Crippen LogP contribution in [0.4, 0.5) is 8.78 Å². The van der Waals surface area contributed by atoms with Gasteiger partial charge < -0.3 is 4.74 Å². The molecule has 0 saturated heterocycles. The van der Waals surface area contributed by atoms with Gasteiger partial charge in [0.1, 0.15) is 5.82 Å². The highest BCUT2D eigenvalue weighted by atomic mass is 79.9. The molecule has 0 aromatic heterocycles. The summed E-state index contributed by atoms with van der Waals surface area (Å²) in [6.45, 7) is 0. The fraction of sp³-hybridized carbons (Fsp3) is 0.133. The molecule has 0 radical (unpaired) electrons. The Bertz CT molecular complexity index is 636. The highest BCUT2D eigenvalue weighted by Crippen LogP contribution is 2.24. The molecule has 0 aliphatic heterocycles. The number of ether oxygens (including phenoxy) is 1. The highest BCUT2D eigenvalue weighted by molar-refractivity contribution is 9.10. The minimum absolute atomic E-state index is 0.0582. The maximum atomic E-state index is 14.0. The van der Waals surface area contributed by atoms with E-state index in [1.54, 1.807) is 12.1 Å². The Morgan fingerprint density at radius 2 is 1.90 bits per heavy atom. The number of benzene rings is 2. The third-order valence-electron chi connectivity index (χ3n) is 2.86. The van der Waals surface area contributed by atoms with Crippen molar-refractivity contribution in [2.24, 2.45) is 0 Å². The van der Waals surface area contributed by atoms with E-state index in [9.17, 15) is 13.6 Å². The lowest BCUT2D eigenvalue weighted by molar-refractivity contribution is 0.0987. The van der Waals surface area contributed by atoms with E-state index in [1.165, 1.54) is 31.4 Å². The minimum Gasteiger partial charge on any atom is -0.494 e. The number of halogens is 3. The molecule has 0 heterocycles. The minimum atomic E-state index is -0.632. The van der Waals surface area contributed by atoms with E-state index < -0.39 is 17.4 Å². The summed E-state index contributed by atoms with van der Waals surface area (Å²) in [6, 6.07) is 8.77. The largest absolute Gasteiger partial charge is 0.494 e. The normalized spacial score (nSPS) is 10.4. The van der Waals surface area contributed by atoms with Crippen LogP contribution < -0.4 is 4.74 Å². The lowest BCUT2D eigenvalue weighted by Gasteiger charge is -2.08. The maximum absolute atomic E-state index is 14.0. The molecule has 0 spiro atoms. The van der Waals surface area contributed by atoms with Crippen LogP contribution in [0.5, 0.6) is 5.75 Å². The summed E-state index contributed by atoms with van der Waals surface area (Å²) in [7, 11) is 1.34. The molecule has 2 aromatic carbocycles. The Hall–Kier alpha value is -1.75. The molecule has 2 aromatic rings. The summed E-state index contributed by atoms with van der Waals surface area (Å²) >= 11 is 3.13. The zero-order valence-electron chi connectivity index (χ0n) is 10.6. The quantitative estimate of drug-likeness (QED) is 0.781. The molecule has 0 aliphatic rings. The number of hydrogen-bond acceptors (Lipinski definition) is 2. The predicted octanol–water partition coefficient (Wildman–Crippen LogP) is 4.16. The van der Waals surface area contributed by atoms with Crippen LogP contribution in [0.15, 0.2) is 40.9 Å². The van der Waals surface area contributed by atoms with Gasteiger partial charge in [-0.15, -0.1) is 0 Å². The van der Waals surface area contributed by atoms with Crippen LogP contribution in [-0.2, 0) is 6.42 Å². The van der Waals surface area contributed by atoms with Gasteiger partial charge in [-0.25, -0.2) is 8.78 Å². The van der Waals surface area contributed by atoms with E-state index in [2.05, 4.69) is 15.9 Å². The third kappa shape index (κ3) is 2.88. The lowest BCUT2D eigenvalue weighted by atomic mass is 10.0. The molecule has 0 atom stereocenters. The number of carbonyl (C=O) groups excluding carboxylic acids is 1. The average Bonchev–Trinajstić information content (AvgIpc) is 2.41. The second kappa shape index (κ2) is 6.13. The molecule has 0 unspecified atom stereocenters. The summed E-state index contributed by atoms with van der Waals surface area (Å²) in [5.41, 5.74) is 0.0965. The van der Waals surface area contributed by atoms with Crippen molar-refractivity contribution in [3.05, 3.63) is 63.6 Å². The van der Waals surface area contributed by atoms with Gasteiger partial charge in [0.15, 0.2) is 17.3 Å². The van der Waals surface area contributed by atoms with Crippen LogP contribution in [0.3, 0.4) is 0 Å². The Balaban J connectivity index is 2.33. The second-order valence-corrected chi connectivity index (χ2v) is 4.98. The summed E-state index contributed by atoms with van der Waals surface area (Å²) in [5.74, 6) is -1.67. The van der Waals surface area contributed by atoms with Crippen LogP contribution in [0.1, 0.15) is 15.9 Å². The highest BCUT2D eigenvalue weighted by Gasteiger charge is 2.18. The fourth-order valence-electron chi connectivity index (χ4n) is 1.88. The van der Waals surface area contributed by atoms with Gasteiger partial charge in [0.2, 0.25) is 0 Å². The number of Topliss-reactive ketones (excluding diaryl/α,β-unsaturated/α-hetero) is 1. The number of hydrogen-bond donors (Lipinski definition) is 0. The van der Waals surface area contributed by atoms with Crippen molar-refractivity contribution >= 4 is 21.7 Å². The molecular weight excluding hydrogens is 330 g/mol. The van der Waals surface area contributed by atoms with E-state index in [-0.39, 0.29) is 23.3 Å². The van der Waals surface area contributed by atoms with Gasteiger partial charge in [-0.2, -0.15) is 0 Å². The van der Waals surface area contributed by atoms with Crippen molar-refractivity contribution in [2.45, 2.75) is 6.42 Å². The molecule has 0 saturated carbocycles. The fourth-order valence-corrected chi connectivity index (χ4v) is 2.44. The van der Waals surface area contributed by atoms with Crippen LogP contribution >= 0.6 is 15.9 Å². The number of methoxy groups -OCH3 is 1. The Morgan fingerprint density at radius 3 is 2.55 bits per heavy atom. The Kier molecular flexibility index (Phi) is 4.49. The Labute approximate surface area is 123 Å². The molecule has 0 amide bonds. The summed E-state index contributed by atoms with van der Waals surface area (Å²) in [5, 5.41) is 0. The summed E-state index contributed by atoms with van der Waals surface area (Å²) in [6.07, 6.45) is -0.234. The third-order valence-corrected chi connectivity index (χ3v) is 3.52. The van der Waals surface area contributed by atoms with Gasteiger partial charge in [-0.05, 0) is 39.7 Å². The summed E-state index contributed by atoms with van der Waals surface area (Å²) in [4.78, 5) is 12.1. The van der Waals surface area contributed by atoms with E-state index >= 15 is 0 Å². The van der Waals surface area contributed by atoms with E-state index in [0.29, 0.717) is 4.47 Å². The van der Waals surface area contributed by atoms with Gasteiger partial charge in [0.05, 0.1) is 12.7 Å². The van der Waals surface area contributed by atoms with Crippen molar-refractivity contribution in [1.82, 2.24) is 0 Å². The summed E-state index contributed by atoms with van der Waals surface area (Å²) < 4.78 is 32.9. The van der Waals surface area contributed by atoms with Crippen molar-refractivity contribution in [1.29, 1.82) is 0 Å². The van der Waals surface area contributed by atoms with Crippen molar-refractivity contribution in [2.75, 3.05) is 7.11 Å². The molecule has 2 nitrogen and oxygen atoms in total. The first-order valence-corrected chi connectivity index (χ1v) is 6.62. The van der Waals surface area contributed by atoms with Crippen LogP contribution in [0.2, 0.25) is 0 Å². The standard InChI is InChI=1S/C15H11BrF2O2/c1-20-13-7-2-4-9(15(13)18)8-12(19)14-10(16)5-3-6-11(14)17/h2-7H,8H2,1H3. The molecule has 2 rings (SSSR count). The van der Waals surface area contributed by atoms with Crippen LogP contribution in [0, 0.1) is 11.6 Å². The first-order chi connectivity index (χ1) is 9.54. The van der Waals surface area contributed by atoms with Gasteiger partial charge in [0, 0.05) is 10.9 Å². The molecule has 0 aliphatic carbocycles. The van der Waals surface area contributed by atoms with Gasteiger partial charge in [-0.3, -0.25) is 4.79 Å². The van der Waals surface area contributed by atoms with E-state index in [4.69, 9.17) is 4.74 Å².